The van der Waals surface area contributed by atoms with Crippen LogP contribution in [0.4, 0.5) is 0 Å². The molecule has 1 atom stereocenters. The average Bonchev–Trinajstić information content (AvgIpc) is 2.89. The molecule has 0 aliphatic heterocycles. The summed E-state index contributed by atoms with van der Waals surface area (Å²) in [6.45, 7) is 5.36. The lowest BCUT2D eigenvalue weighted by molar-refractivity contribution is 0.627. The Balaban J connectivity index is 2.39. The van der Waals surface area contributed by atoms with Crippen LogP contribution in [0.15, 0.2) is 41.1 Å². The third kappa shape index (κ3) is 2.76. The summed E-state index contributed by atoms with van der Waals surface area (Å²) in [6.07, 6.45) is 1.09. The van der Waals surface area contributed by atoms with E-state index in [1.807, 2.05) is 0 Å². The number of aryl methyl sites for hydroxylation is 1. The predicted molar refractivity (Wildman–Crippen MR) is 75.7 cm³/mol. The van der Waals surface area contributed by atoms with Crippen LogP contribution >= 0.6 is 11.3 Å². The first kappa shape index (κ1) is 12.3. The third-order valence-electron chi connectivity index (χ3n) is 3.03. The molecular formula is C15H19NS. The van der Waals surface area contributed by atoms with Gasteiger partial charge in [-0.15, -0.1) is 0 Å². The Morgan fingerprint density at radius 1 is 1.18 bits per heavy atom. The third-order valence-corrected chi connectivity index (χ3v) is 3.73. The highest BCUT2D eigenvalue weighted by molar-refractivity contribution is 7.08. The molecule has 0 saturated heterocycles. The summed E-state index contributed by atoms with van der Waals surface area (Å²) in [6, 6.07) is 11.3. The lowest BCUT2D eigenvalue weighted by Gasteiger charge is -2.20. The first-order chi connectivity index (χ1) is 8.36. The van der Waals surface area contributed by atoms with Crippen molar-refractivity contribution >= 4 is 11.3 Å². The highest BCUT2D eigenvalue weighted by Crippen LogP contribution is 2.26. The van der Waals surface area contributed by atoms with Gasteiger partial charge in [-0.1, -0.05) is 38.1 Å². The van der Waals surface area contributed by atoms with Gasteiger partial charge in [0.05, 0.1) is 6.04 Å². The Labute approximate surface area is 108 Å². The molecule has 2 aromatic rings. The molecule has 2 heteroatoms. The average molecular weight is 245 g/mol. The molecule has 1 aromatic carbocycles. The van der Waals surface area contributed by atoms with Crippen LogP contribution in [0.1, 0.15) is 36.6 Å². The monoisotopic (exact) mass is 245 g/mol. The van der Waals surface area contributed by atoms with Gasteiger partial charge in [0, 0.05) is 0 Å². The van der Waals surface area contributed by atoms with Gasteiger partial charge in [0.25, 0.3) is 0 Å². The van der Waals surface area contributed by atoms with E-state index in [-0.39, 0.29) is 0 Å². The number of thiophene rings is 1. The van der Waals surface area contributed by atoms with Crippen molar-refractivity contribution in [1.29, 1.82) is 0 Å². The molecule has 0 saturated carbocycles. The Morgan fingerprint density at radius 3 is 2.65 bits per heavy atom. The summed E-state index contributed by atoms with van der Waals surface area (Å²) < 4.78 is 0. The molecule has 0 spiro atoms. The Hall–Kier alpha value is -1.12. The zero-order chi connectivity index (χ0) is 12.1. The fourth-order valence-electron chi connectivity index (χ4n) is 2.19. The van der Waals surface area contributed by atoms with E-state index in [1.165, 1.54) is 16.7 Å². The topological polar surface area (TPSA) is 12.0 Å². The summed E-state index contributed by atoms with van der Waals surface area (Å²) in [5.41, 5.74) is 4.22. The molecule has 90 valence electrons. The molecule has 0 aliphatic rings. The second-order valence-electron chi connectivity index (χ2n) is 4.10. The summed E-state index contributed by atoms with van der Waals surface area (Å²) in [5, 5.41) is 7.97. The van der Waals surface area contributed by atoms with Gasteiger partial charge in [0.15, 0.2) is 0 Å². The highest BCUT2D eigenvalue weighted by atomic mass is 32.1. The molecule has 1 N–H and O–H groups in total. The first-order valence-electron chi connectivity index (χ1n) is 6.20. The molecule has 0 bridgehead atoms. The van der Waals surface area contributed by atoms with Crippen LogP contribution in [0.25, 0.3) is 0 Å². The van der Waals surface area contributed by atoms with Crippen LogP contribution in [-0.4, -0.2) is 6.54 Å². The molecular weight excluding hydrogens is 226 g/mol. The van der Waals surface area contributed by atoms with Crippen LogP contribution in [0.2, 0.25) is 0 Å². The van der Waals surface area contributed by atoms with Crippen LogP contribution in [-0.2, 0) is 6.42 Å². The Bertz CT molecular complexity index is 448. The standard InChI is InChI=1S/C15H19NS/c1-3-12-7-5-6-8-14(12)15(16-4-2)13-9-10-17-11-13/h5-11,15-16H,3-4H2,1-2H3. The Morgan fingerprint density at radius 2 is 2.00 bits per heavy atom. The molecule has 1 nitrogen and oxygen atoms in total. The lowest BCUT2D eigenvalue weighted by atomic mass is 9.95. The zero-order valence-electron chi connectivity index (χ0n) is 10.4. The maximum absolute atomic E-state index is 3.58. The van der Waals surface area contributed by atoms with Crippen molar-refractivity contribution in [2.45, 2.75) is 26.3 Å². The second kappa shape index (κ2) is 5.99. The smallest absolute Gasteiger partial charge is 0.0587 e. The van der Waals surface area contributed by atoms with Gasteiger partial charge >= 0.3 is 0 Å². The van der Waals surface area contributed by atoms with E-state index >= 15 is 0 Å². The van der Waals surface area contributed by atoms with E-state index in [4.69, 9.17) is 0 Å². The number of hydrogen-bond acceptors (Lipinski definition) is 2. The van der Waals surface area contributed by atoms with Crippen molar-refractivity contribution in [2.75, 3.05) is 6.54 Å². The minimum atomic E-state index is 0.336. The van der Waals surface area contributed by atoms with E-state index in [9.17, 15) is 0 Å². The van der Waals surface area contributed by atoms with Gasteiger partial charge in [-0.3, -0.25) is 0 Å². The molecule has 0 fully saturated rings. The molecule has 1 unspecified atom stereocenters. The highest BCUT2D eigenvalue weighted by Gasteiger charge is 2.15. The van der Waals surface area contributed by atoms with E-state index < -0.39 is 0 Å². The van der Waals surface area contributed by atoms with Gasteiger partial charge in [-0.05, 0) is 46.5 Å². The van der Waals surface area contributed by atoms with Crippen LogP contribution in [0.5, 0.6) is 0 Å². The van der Waals surface area contributed by atoms with Crippen molar-refractivity contribution in [2.24, 2.45) is 0 Å². The van der Waals surface area contributed by atoms with Crippen molar-refractivity contribution in [3.63, 3.8) is 0 Å². The molecule has 1 heterocycles. The first-order valence-corrected chi connectivity index (χ1v) is 7.14. The van der Waals surface area contributed by atoms with Crippen molar-refractivity contribution in [3.8, 4) is 0 Å². The molecule has 17 heavy (non-hydrogen) atoms. The van der Waals surface area contributed by atoms with Crippen molar-refractivity contribution in [1.82, 2.24) is 5.32 Å². The van der Waals surface area contributed by atoms with E-state index in [1.54, 1.807) is 11.3 Å². The molecule has 0 aliphatic carbocycles. The second-order valence-corrected chi connectivity index (χ2v) is 4.88. The molecule has 0 amide bonds. The van der Waals surface area contributed by atoms with Gasteiger partial charge < -0.3 is 5.32 Å². The fraction of sp³-hybridized carbons (Fsp3) is 0.333. The number of rotatable bonds is 5. The normalized spacial score (nSPS) is 12.6. The quantitative estimate of drug-likeness (QED) is 0.839. The van der Waals surface area contributed by atoms with Crippen LogP contribution in [0.3, 0.4) is 0 Å². The SMILES string of the molecule is CCNC(c1ccsc1)c1ccccc1CC. The zero-order valence-corrected chi connectivity index (χ0v) is 11.3. The fourth-order valence-corrected chi connectivity index (χ4v) is 2.87. The Kier molecular flexibility index (Phi) is 4.35. The van der Waals surface area contributed by atoms with Gasteiger partial charge in [0.1, 0.15) is 0 Å². The van der Waals surface area contributed by atoms with Gasteiger partial charge in [-0.2, -0.15) is 11.3 Å². The summed E-state index contributed by atoms with van der Waals surface area (Å²) in [4.78, 5) is 0. The lowest BCUT2D eigenvalue weighted by Crippen LogP contribution is -2.22. The maximum Gasteiger partial charge on any atom is 0.0587 e. The minimum absolute atomic E-state index is 0.336. The summed E-state index contributed by atoms with van der Waals surface area (Å²) in [5.74, 6) is 0. The largest absolute Gasteiger partial charge is 0.306 e. The van der Waals surface area contributed by atoms with Crippen molar-refractivity contribution < 1.29 is 0 Å². The summed E-state index contributed by atoms with van der Waals surface area (Å²) in [7, 11) is 0. The van der Waals surface area contributed by atoms with Gasteiger partial charge in [-0.25, -0.2) is 0 Å². The van der Waals surface area contributed by atoms with Gasteiger partial charge in [0.2, 0.25) is 0 Å². The van der Waals surface area contributed by atoms with Crippen LogP contribution in [0, 0.1) is 0 Å². The minimum Gasteiger partial charge on any atom is -0.306 e. The molecule has 2 rings (SSSR count). The summed E-state index contributed by atoms with van der Waals surface area (Å²) >= 11 is 1.76. The van der Waals surface area contributed by atoms with E-state index in [0.717, 1.165) is 13.0 Å². The number of nitrogens with one attached hydrogen (secondary N) is 1. The number of benzene rings is 1. The van der Waals surface area contributed by atoms with E-state index in [2.05, 4.69) is 60.3 Å². The molecule has 0 radical (unpaired) electrons. The van der Waals surface area contributed by atoms with Crippen molar-refractivity contribution in [3.05, 3.63) is 57.8 Å². The maximum atomic E-state index is 3.58. The predicted octanol–water partition coefficient (Wildman–Crippen LogP) is 4.01. The van der Waals surface area contributed by atoms with Crippen LogP contribution < -0.4 is 5.32 Å². The molecule has 1 aromatic heterocycles. The van der Waals surface area contributed by atoms with E-state index in [0.29, 0.717) is 6.04 Å². The number of hydrogen-bond donors (Lipinski definition) is 1.